The molecule has 3 aliphatic carbocycles. The van der Waals surface area contributed by atoms with E-state index in [0.29, 0.717) is 12.5 Å². The fourth-order valence-electron chi connectivity index (χ4n) is 9.07. The van der Waals surface area contributed by atoms with Crippen molar-refractivity contribution in [3.63, 3.8) is 0 Å². The minimum atomic E-state index is -1.22. The number of amides is 7. The Hall–Kier alpha value is -4.64. The lowest BCUT2D eigenvalue weighted by Gasteiger charge is -2.47. The first-order chi connectivity index (χ1) is 29.8. The zero-order chi connectivity index (χ0) is 44.5. The molecule has 1 unspecified atom stereocenters. The number of carbonyl (C=O) groups is 7. The van der Waals surface area contributed by atoms with Gasteiger partial charge in [0.05, 0.1) is 25.7 Å². The zero-order valence-electron chi connectivity index (χ0n) is 37.3. The van der Waals surface area contributed by atoms with E-state index < -0.39 is 66.2 Å². The number of aliphatic imine (C=N–C) groups is 1. The number of esters is 1. The van der Waals surface area contributed by atoms with Gasteiger partial charge in [-0.05, 0) is 83.5 Å². The van der Waals surface area contributed by atoms with Gasteiger partial charge in [0.25, 0.3) is 0 Å². The van der Waals surface area contributed by atoms with Crippen LogP contribution in [0.4, 0.5) is 19.2 Å². The van der Waals surface area contributed by atoms with Gasteiger partial charge in [-0.1, -0.05) is 70.6 Å². The third kappa shape index (κ3) is 15.6. The number of nitrogens with one attached hydrogen (secondary N) is 3. The molecule has 0 aromatic rings. The number of ether oxygens (including phenoxy) is 4. The summed E-state index contributed by atoms with van der Waals surface area (Å²) in [6, 6.07) is -1.88. The van der Waals surface area contributed by atoms with Gasteiger partial charge in [0.1, 0.15) is 18.2 Å². The summed E-state index contributed by atoms with van der Waals surface area (Å²) in [5.74, 6) is -1.88. The number of imide groups is 1. The van der Waals surface area contributed by atoms with Crippen LogP contribution in [0.1, 0.15) is 136 Å². The fraction of sp³-hybridized carbons (Fsp3) is 0.818. The van der Waals surface area contributed by atoms with E-state index in [9.17, 15) is 33.6 Å². The van der Waals surface area contributed by atoms with E-state index >= 15 is 0 Å². The smallest absolute Gasteiger partial charge is 0.413 e. The Morgan fingerprint density at radius 3 is 1.73 bits per heavy atom. The first-order valence-electron chi connectivity index (χ1n) is 23.2. The Morgan fingerprint density at radius 2 is 1.19 bits per heavy atom. The van der Waals surface area contributed by atoms with Crippen LogP contribution in [0.2, 0.25) is 0 Å². The monoisotopic (exact) mass is 874 g/mol. The van der Waals surface area contributed by atoms with Crippen LogP contribution in [-0.4, -0.2) is 133 Å². The van der Waals surface area contributed by atoms with Crippen molar-refractivity contribution >= 4 is 48.1 Å². The molecular formula is C44H71N7O11. The van der Waals surface area contributed by atoms with Crippen LogP contribution in [0.3, 0.4) is 0 Å². The largest absolute Gasteiger partial charge is 0.459 e. The molecule has 0 bridgehead atoms. The van der Waals surface area contributed by atoms with E-state index in [4.69, 9.17) is 18.9 Å². The van der Waals surface area contributed by atoms with Crippen molar-refractivity contribution in [1.82, 2.24) is 30.7 Å². The maximum Gasteiger partial charge on any atom is 0.413 e. The van der Waals surface area contributed by atoms with Gasteiger partial charge in [0.15, 0.2) is 0 Å². The molecule has 18 nitrogen and oxygen atoms in total. The van der Waals surface area contributed by atoms with Crippen LogP contribution in [0.25, 0.3) is 0 Å². The zero-order valence-corrected chi connectivity index (χ0v) is 37.3. The molecule has 7 amide bonds. The van der Waals surface area contributed by atoms with E-state index in [1.54, 1.807) is 25.7 Å². The standard InChI is InChI=1S/C44H71N7O11/c1-44(2,3)62-35(52)28-46-37(53)36-34(38(54)51(36)42(57)49-23-25-50(26-24-49)43(58)59-27-21-31-14-7-4-8-15-31)20-13-22-45-39(47-40(55)60-29-32-16-9-5-10-17-32)48-41(56)61-30-33-18-11-6-12-19-33/h31-34,36H,4-30H2,1-3H3,(H,46,53)(H2,45,47,48,55,56)/t34-,36?/m1/s1. The Bertz CT molecular complexity index is 1520. The summed E-state index contributed by atoms with van der Waals surface area (Å²) in [7, 11) is 0. The summed E-state index contributed by atoms with van der Waals surface area (Å²) in [6.45, 7) is 6.22. The van der Waals surface area contributed by atoms with Crippen LogP contribution in [0, 0.1) is 23.7 Å². The number of nitrogens with zero attached hydrogens (tertiary/aromatic N) is 4. The van der Waals surface area contributed by atoms with Gasteiger partial charge in [-0.25, -0.2) is 19.2 Å². The molecule has 0 spiro atoms. The number of β-lactam (4-membered cyclic amide) rings is 1. The molecule has 3 saturated carbocycles. The van der Waals surface area contributed by atoms with Gasteiger partial charge < -0.3 is 34.1 Å². The molecule has 2 aliphatic heterocycles. The highest BCUT2D eigenvalue weighted by Gasteiger charge is 2.55. The molecule has 18 heteroatoms. The Labute approximate surface area is 366 Å². The number of likely N-dealkylation sites (tertiary alicyclic amines) is 1. The van der Waals surface area contributed by atoms with Gasteiger partial charge in [0, 0.05) is 32.7 Å². The van der Waals surface area contributed by atoms with Gasteiger partial charge in [0.2, 0.25) is 17.8 Å². The summed E-state index contributed by atoms with van der Waals surface area (Å²) >= 11 is 0. The Kier molecular flexibility index (Phi) is 18.9. The SMILES string of the molecule is CC(C)(C)OC(=O)CNC(=O)C1[C@@H](CCCN=C(NC(=O)OCC2CCCCC2)NC(=O)OCC2CCCCC2)C(=O)N1C(=O)N1CCN(C(=O)OCCC2CCCCC2)CC1. The molecule has 62 heavy (non-hydrogen) atoms. The summed E-state index contributed by atoms with van der Waals surface area (Å²) in [5, 5.41) is 7.58. The lowest BCUT2D eigenvalue weighted by Crippen LogP contribution is -2.71. The topological polar surface area (TPSA) is 215 Å². The van der Waals surface area contributed by atoms with E-state index in [0.717, 1.165) is 75.5 Å². The minimum absolute atomic E-state index is 0.0316. The molecule has 5 fully saturated rings. The van der Waals surface area contributed by atoms with Crippen molar-refractivity contribution in [3.05, 3.63) is 0 Å². The molecule has 348 valence electrons. The van der Waals surface area contributed by atoms with Crippen molar-refractivity contribution in [1.29, 1.82) is 0 Å². The summed E-state index contributed by atoms with van der Waals surface area (Å²) in [5.41, 5.74) is -0.788. The average molecular weight is 874 g/mol. The fourth-order valence-corrected chi connectivity index (χ4v) is 9.07. The third-order valence-electron chi connectivity index (χ3n) is 12.5. The predicted octanol–water partition coefficient (Wildman–Crippen LogP) is 5.87. The summed E-state index contributed by atoms with van der Waals surface area (Å²) in [6.07, 6.45) is 15.9. The van der Waals surface area contributed by atoms with Crippen LogP contribution in [-0.2, 0) is 33.3 Å². The van der Waals surface area contributed by atoms with E-state index in [2.05, 4.69) is 20.9 Å². The molecule has 2 saturated heterocycles. The number of rotatable bonds is 14. The van der Waals surface area contributed by atoms with E-state index in [1.165, 1.54) is 37.0 Å². The molecule has 5 aliphatic rings. The van der Waals surface area contributed by atoms with E-state index in [1.807, 2.05) is 0 Å². The van der Waals surface area contributed by atoms with Gasteiger partial charge in [-0.15, -0.1) is 0 Å². The molecule has 0 aromatic carbocycles. The normalized spacial score (nSPS) is 21.5. The number of guanidine groups is 1. The average Bonchev–Trinajstić information content (AvgIpc) is 3.26. The molecular weight excluding hydrogens is 803 g/mol. The number of carbonyl (C=O) groups excluding carboxylic acids is 7. The lowest BCUT2D eigenvalue weighted by atomic mass is 9.83. The molecule has 3 N–H and O–H groups in total. The van der Waals surface area contributed by atoms with Crippen LogP contribution >= 0.6 is 0 Å². The van der Waals surface area contributed by atoms with Crippen LogP contribution in [0.15, 0.2) is 4.99 Å². The second-order valence-electron chi connectivity index (χ2n) is 18.6. The second-order valence-corrected chi connectivity index (χ2v) is 18.6. The summed E-state index contributed by atoms with van der Waals surface area (Å²) in [4.78, 5) is 100. The van der Waals surface area contributed by atoms with Gasteiger partial charge >= 0.3 is 30.3 Å². The Balaban J connectivity index is 1.17. The molecule has 0 aromatic heterocycles. The quantitative estimate of drug-likeness (QED) is 0.0469. The third-order valence-corrected chi connectivity index (χ3v) is 12.5. The second kappa shape index (κ2) is 24.3. The molecule has 2 heterocycles. The molecule has 5 rings (SSSR count). The van der Waals surface area contributed by atoms with Crippen molar-refractivity contribution in [2.24, 2.45) is 28.7 Å². The van der Waals surface area contributed by atoms with Crippen molar-refractivity contribution in [2.75, 3.05) is 59.1 Å². The maximum absolute atomic E-state index is 13.8. The number of hydrogen-bond donors (Lipinski definition) is 3. The number of piperazine rings is 1. The first-order valence-corrected chi connectivity index (χ1v) is 23.2. The number of hydrogen-bond acceptors (Lipinski definition) is 12. The predicted molar refractivity (Wildman–Crippen MR) is 228 cm³/mol. The highest BCUT2D eigenvalue weighted by molar-refractivity contribution is 6.09. The van der Waals surface area contributed by atoms with Crippen LogP contribution in [0.5, 0.6) is 0 Å². The highest BCUT2D eigenvalue weighted by Crippen LogP contribution is 2.33. The van der Waals surface area contributed by atoms with Crippen LogP contribution < -0.4 is 16.0 Å². The maximum atomic E-state index is 13.8. The number of urea groups is 1. The van der Waals surface area contributed by atoms with Crippen molar-refractivity contribution in [3.8, 4) is 0 Å². The molecule has 2 atom stereocenters. The highest BCUT2D eigenvalue weighted by atomic mass is 16.6. The lowest BCUT2D eigenvalue weighted by molar-refractivity contribution is -0.160. The number of alkyl carbamates (subject to hydrolysis) is 2. The van der Waals surface area contributed by atoms with Crippen molar-refractivity contribution < 1.29 is 52.5 Å². The minimum Gasteiger partial charge on any atom is -0.459 e. The first kappa shape index (κ1) is 48.4. The molecule has 0 radical (unpaired) electrons. The Morgan fingerprint density at radius 1 is 0.677 bits per heavy atom. The van der Waals surface area contributed by atoms with Crippen molar-refractivity contribution in [2.45, 2.75) is 148 Å². The van der Waals surface area contributed by atoms with Gasteiger partial charge in [-0.2, -0.15) is 0 Å². The van der Waals surface area contributed by atoms with Gasteiger partial charge in [-0.3, -0.25) is 34.9 Å². The van der Waals surface area contributed by atoms with E-state index in [-0.39, 0.29) is 76.6 Å². The summed E-state index contributed by atoms with van der Waals surface area (Å²) < 4.78 is 21.8.